The molecule has 2 nitrogen and oxygen atoms in total. The summed E-state index contributed by atoms with van der Waals surface area (Å²) in [6, 6.07) is 5.88. The largest absolute Gasteiger partial charge is 0.488 e. The maximum Gasteiger partial charge on any atom is 0.140 e. The van der Waals surface area contributed by atoms with Crippen LogP contribution in [-0.2, 0) is 0 Å². The van der Waals surface area contributed by atoms with Crippen molar-refractivity contribution in [3.63, 3.8) is 0 Å². The predicted octanol–water partition coefficient (Wildman–Crippen LogP) is 2.80. The van der Waals surface area contributed by atoms with E-state index in [2.05, 4.69) is 0 Å². The number of allylic oxidation sites excluding steroid dienone is 1. The summed E-state index contributed by atoms with van der Waals surface area (Å²) in [5, 5.41) is 8.76. The molecule has 0 saturated heterocycles. The van der Waals surface area contributed by atoms with Gasteiger partial charge in [0.25, 0.3) is 0 Å². The molecule has 1 aliphatic rings. The Morgan fingerprint density at radius 1 is 1.47 bits per heavy atom. The monoisotopic (exact) mass is 203 g/mol. The van der Waals surface area contributed by atoms with Crippen LogP contribution in [0.3, 0.4) is 0 Å². The number of hydrogen-bond acceptors (Lipinski definition) is 2. The summed E-state index contributed by atoms with van der Waals surface area (Å²) < 4.78 is 18.2. The van der Waals surface area contributed by atoms with Gasteiger partial charge >= 0.3 is 0 Å². The Morgan fingerprint density at radius 2 is 2.27 bits per heavy atom. The maximum absolute atomic E-state index is 12.9. The summed E-state index contributed by atoms with van der Waals surface area (Å²) in [4.78, 5) is 0. The van der Waals surface area contributed by atoms with Crippen molar-refractivity contribution in [2.45, 2.75) is 12.8 Å². The fourth-order valence-corrected chi connectivity index (χ4v) is 1.23. The Labute approximate surface area is 87.6 Å². The molecule has 1 aromatic rings. The molecule has 0 aliphatic heterocycles. The molecule has 1 fully saturated rings. The van der Waals surface area contributed by atoms with Gasteiger partial charge in [-0.2, -0.15) is 5.26 Å². The van der Waals surface area contributed by atoms with Gasteiger partial charge in [-0.15, -0.1) is 0 Å². The van der Waals surface area contributed by atoms with Crippen LogP contribution in [0.25, 0.3) is 0 Å². The zero-order chi connectivity index (χ0) is 10.7. The molecule has 1 saturated carbocycles. The van der Waals surface area contributed by atoms with Crippen LogP contribution >= 0.6 is 0 Å². The van der Waals surface area contributed by atoms with Gasteiger partial charge in [0.05, 0.1) is 5.56 Å². The van der Waals surface area contributed by atoms with Gasteiger partial charge in [-0.25, -0.2) is 4.39 Å². The minimum Gasteiger partial charge on any atom is -0.488 e. The second-order valence-electron chi connectivity index (χ2n) is 3.43. The molecule has 1 aromatic carbocycles. The van der Waals surface area contributed by atoms with E-state index in [4.69, 9.17) is 10.00 Å². The molecule has 2 rings (SSSR count). The van der Waals surface area contributed by atoms with Gasteiger partial charge < -0.3 is 4.74 Å². The van der Waals surface area contributed by atoms with Crippen LogP contribution in [0, 0.1) is 17.1 Å². The molecular formula is C12H10FNO. The average Bonchev–Trinajstić information content (AvgIpc) is 3.02. The Balaban J connectivity index is 2.08. The van der Waals surface area contributed by atoms with E-state index in [1.807, 2.05) is 12.1 Å². The number of nitrogens with zero attached hydrogens (tertiary/aromatic N) is 1. The first-order valence-corrected chi connectivity index (χ1v) is 4.80. The third-order valence-electron chi connectivity index (χ3n) is 2.21. The third kappa shape index (κ3) is 2.57. The standard InChI is InChI=1S/C12H10FNO/c13-11-4-3-10(8-14)12(7-11)15-6-5-9-1-2-9/h3-5,7H,1-2,6H2. The molecule has 0 heterocycles. The zero-order valence-electron chi connectivity index (χ0n) is 8.16. The second-order valence-corrected chi connectivity index (χ2v) is 3.43. The van der Waals surface area contributed by atoms with Gasteiger partial charge in [-0.1, -0.05) is 5.57 Å². The van der Waals surface area contributed by atoms with Crippen molar-refractivity contribution in [1.82, 2.24) is 0 Å². The first-order chi connectivity index (χ1) is 7.29. The van der Waals surface area contributed by atoms with Crippen molar-refractivity contribution in [1.29, 1.82) is 5.26 Å². The molecule has 1 aliphatic carbocycles. The lowest BCUT2D eigenvalue weighted by Crippen LogP contribution is -1.96. The van der Waals surface area contributed by atoms with Crippen molar-refractivity contribution in [2.75, 3.05) is 6.61 Å². The minimum absolute atomic E-state index is 0.315. The average molecular weight is 203 g/mol. The highest BCUT2D eigenvalue weighted by Gasteiger charge is 2.10. The van der Waals surface area contributed by atoms with E-state index in [-0.39, 0.29) is 5.82 Å². The van der Waals surface area contributed by atoms with Gasteiger partial charge in [0.2, 0.25) is 0 Å². The molecule has 0 spiro atoms. The third-order valence-corrected chi connectivity index (χ3v) is 2.21. The van der Waals surface area contributed by atoms with E-state index in [0.717, 1.165) is 12.8 Å². The normalized spacial score (nSPS) is 13.2. The van der Waals surface area contributed by atoms with Gasteiger partial charge in [0.1, 0.15) is 24.2 Å². The smallest absolute Gasteiger partial charge is 0.140 e. The summed E-state index contributed by atoms with van der Waals surface area (Å²) in [7, 11) is 0. The van der Waals surface area contributed by atoms with E-state index < -0.39 is 0 Å². The van der Waals surface area contributed by atoms with E-state index >= 15 is 0 Å². The Bertz CT molecular complexity index is 439. The molecule has 0 aromatic heterocycles. The van der Waals surface area contributed by atoms with Crippen LogP contribution in [0.15, 0.2) is 29.8 Å². The Hall–Kier alpha value is -1.82. The van der Waals surface area contributed by atoms with Crippen molar-refractivity contribution in [3.05, 3.63) is 41.2 Å². The number of nitriles is 1. The number of ether oxygens (including phenoxy) is 1. The van der Waals surface area contributed by atoms with Crippen LogP contribution in [0.5, 0.6) is 5.75 Å². The lowest BCUT2D eigenvalue weighted by molar-refractivity contribution is 0.359. The van der Waals surface area contributed by atoms with Crippen molar-refractivity contribution in [3.8, 4) is 11.8 Å². The van der Waals surface area contributed by atoms with Gasteiger partial charge in [-0.05, 0) is 31.1 Å². The molecular weight excluding hydrogens is 193 g/mol. The molecule has 3 heteroatoms. The first-order valence-electron chi connectivity index (χ1n) is 4.80. The predicted molar refractivity (Wildman–Crippen MR) is 53.9 cm³/mol. The second kappa shape index (κ2) is 4.14. The molecule has 0 N–H and O–H groups in total. The molecule has 15 heavy (non-hydrogen) atoms. The fraction of sp³-hybridized carbons (Fsp3) is 0.250. The highest BCUT2D eigenvalue weighted by atomic mass is 19.1. The molecule has 0 amide bonds. The first kappa shape index (κ1) is 9.72. The summed E-state index contributed by atoms with van der Waals surface area (Å²) in [5.41, 5.74) is 1.73. The van der Waals surface area contributed by atoms with E-state index in [1.165, 1.54) is 23.8 Å². The fourth-order valence-electron chi connectivity index (χ4n) is 1.23. The van der Waals surface area contributed by atoms with Crippen LogP contribution in [0.1, 0.15) is 18.4 Å². The SMILES string of the molecule is N#Cc1ccc(F)cc1OCC=C1CC1. The molecule has 0 bridgehead atoms. The summed E-state index contributed by atoms with van der Waals surface area (Å²) >= 11 is 0. The lowest BCUT2D eigenvalue weighted by atomic mass is 10.2. The van der Waals surface area contributed by atoms with Crippen LogP contribution in [0.2, 0.25) is 0 Å². The molecule has 0 atom stereocenters. The van der Waals surface area contributed by atoms with Crippen molar-refractivity contribution in [2.24, 2.45) is 0 Å². The number of hydrogen-bond donors (Lipinski definition) is 0. The van der Waals surface area contributed by atoms with Crippen LogP contribution in [-0.4, -0.2) is 6.61 Å². The Morgan fingerprint density at radius 3 is 2.93 bits per heavy atom. The van der Waals surface area contributed by atoms with Gasteiger partial charge in [0, 0.05) is 6.07 Å². The lowest BCUT2D eigenvalue weighted by Gasteiger charge is -2.04. The van der Waals surface area contributed by atoms with E-state index in [0.29, 0.717) is 17.9 Å². The highest BCUT2D eigenvalue weighted by Crippen LogP contribution is 2.27. The van der Waals surface area contributed by atoms with Crippen LogP contribution in [0.4, 0.5) is 4.39 Å². The molecule has 0 unspecified atom stereocenters. The number of rotatable bonds is 3. The van der Waals surface area contributed by atoms with Crippen LogP contribution < -0.4 is 4.74 Å². The molecule has 76 valence electrons. The van der Waals surface area contributed by atoms with Gasteiger partial charge in [0.15, 0.2) is 0 Å². The van der Waals surface area contributed by atoms with E-state index in [1.54, 1.807) is 0 Å². The maximum atomic E-state index is 12.9. The van der Waals surface area contributed by atoms with E-state index in [9.17, 15) is 4.39 Å². The topological polar surface area (TPSA) is 33.0 Å². The van der Waals surface area contributed by atoms with Crippen molar-refractivity contribution >= 4 is 0 Å². The number of halogens is 1. The number of benzene rings is 1. The van der Waals surface area contributed by atoms with Crippen molar-refractivity contribution < 1.29 is 9.13 Å². The zero-order valence-corrected chi connectivity index (χ0v) is 8.16. The quantitative estimate of drug-likeness (QED) is 0.707. The van der Waals surface area contributed by atoms with Gasteiger partial charge in [-0.3, -0.25) is 0 Å². The highest BCUT2D eigenvalue weighted by molar-refractivity contribution is 5.43. The minimum atomic E-state index is -0.386. The summed E-state index contributed by atoms with van der Waals surface area (Å²) in [6.45, 7) is 0.410. The summed E-state index contributed by atoms with van der Waals surface area (Å²) in [5.74, 6) is -0.0712. The Kier molecular flexibility index (Phi) is 2.68. The molecule has 0 radical (unpaired) electrons. The summed E-state index contributed by atoms with van der Waals surface area (Å²) in [6.07, 6.45) is 4.25.